The molecule has 1 aliphatic heterocycles. The maximum atomic E-state index is 6.47. The minimum absolute atomic E-state index is 0.293. The van der Waals surface area contributed by atoms with E-state index in [0.29, 0.717) is 23.5 Å². The Balaban J connectivity index is 2.07. The van der Waals surface area contributed by atoms with Gasteiger partial charge in [0.05, 0.1) is 13.2 Å². The van der Waals surface area contributed by atoms with Gasteiger partial charge in [-0.05, 0) is 25.2 Å². The first-order chi connectivity index (χ1) is 7.52. The van der Waals surface area contributed by atoms with Crippen LogP contribution in [0, 0.1) is 5.41 Å². The van der Waals surface area contributed by atoms with Crippen molar-refractivity contribution >= 4 is 0 Å². The van der Waals surface area contributed by atoms with E-state index in [1.807, 2.05) is 0 Å². The molecule has 1 heterocycles. The molecule has 94 valence electrons. The molecule has 0 aromatic rings. The van der Waals surface area contributed by atoms with E-state index in [1.165, 1.54) is 19.3 Å². The third-order valence-corrected chi connectivity index (χ3v) is 4.48. The van der Waals surface area contributed by atoms with Crippen molar-refractivity contribution in [2.24, 2.45) is 11.1 Å². The zero-order valence-electron chi connectivity index (χ0n) is 10.9. The maximum absolute atomic E-state index is 6.47. The molecule has 2 rings (SSSR count). The zero-order valence-corrected chi connectivity index (χ0v) is 10.9. The number of nitrogens with zero attached hydrogens (tertiary/aromatic N) is 1. The van der Waals surface area contributed by atoms with Crippen LogP contribution in [0.2, 0.25) is 0 Å². The Morgan fingerprint density at radius 1 is 1.38 bits per heavy atom. The van der Waals surface area contributed by atoms with Crippen LogP contribution < -0.4 is 5.73 Å². The largest absolute Gasteiger partial charge is 0.379 e. The van der Waals surface area contributed by atoms with Crippen LogP contribution >= 0.6 is 0 Å². The molecule has 2 N–H and O–H groups in total. The van der Waals surface area contributed by atoms with Crippen LogP contribution in [0.5, 0.6) is 0 Å². The van der Waals surface area contributed by atoms with Gasteiger partial charge in [0, 0.05) is 24.7 Å². The molecule has 0 bridgehead atoms. The van der Waals surface area contributed by atoms with Gasteiger partial charge in [-0.15, -0.1) is 0 Å². The Hall–Kier alpha value is -0.120. The van der Waals surface area contributed by atoms with Crippen molar-refractivity contribution in [1.29, 1.82) is 0 Å². The van der Waals surface area contributed by atoms with Crippen LogP contribution in [0.25, 0.3) is 0 Å². The number of ether oxygens (including phenoxy) is 1. The Morgan fingerprint density at radius 2 is 2.12 bits per heavy atom. The molecule has 1 saturated carbocycles. The van der Waals surface area contributed by atoms with Crippen LogP contribution in [-0.4, -0.2) is 42.8 Å². The molecular weight excluding hydrogens is 200 g/mol. The fourth-order valence-electron chi connectivity index (χ4n) is 3.24. The van der Waals surface area contributed by atoms with Crippen molar-refractivity contribution < 1.29 is 4.74 Å². The summed E-state index contributed by atoms with van der Waals surface area (Å²) in [5.74, 6) is 0. The SMILES string of the molecule is CC1COCCN1C1CCCC(C)(C)C1N. The van der Waals surface area contributed by atoms with Crippen molar-refractivity contribution in [3.8, 4) is 0 Å². The summed E-state index contributed by atoms with van der Waals surface area (Å²) in [5, 5.41) is 0. The first-order valence-corrected chi connectivity index (χ1v) is 6.61. The highest BCUT2D eigenvalue weighted by molar-refractivity contribution is 4.97. The van der Waals surface area contributed by atoms with E-state index in [4.69, 9.17) is 10.5 Å². The summed E-state index contributed by atoms with van der Waals surface area (Å²) in [7, 11) is 0. The first-order valence-electron chi connectivity index (χ1n) is 6.61. The monoisotopic (exact) mass is 226 g/mol. The minimum atomic E-state index is 0.293. The third-order valence-electron chi connectivity index (χ3n) is 4.48. The van der Waals surface area contributed by atoms with Gasteiger partial charge in [0.15, 0.2) is 0 Å². The summed E-state index contributed by atoms with van der Waals surface area (Å²) < 4.78 is 5.51. The van der Waals surface area contributed by atoms with Crippen molar-refractivity contribution in [3.63, 3.8) is 0 Å². The molecule has 0 spiro atoms. The van der Waals surface area contributed by atoms with Gasteiger partial charge in [0.25, 0.3) is 0 Å². The average Bonchev–Trinajstić information content (AvgIpc) is 2.23. The van der Waals surface area contributed by atoms with Crippen LogP contribution in [0.15, 0.2) is 0 Å². The van der Waals surface area contributed by atoms with Crippen LogP contribution in [0.3, 0.4) is 0 Å². The summed E-state index contributed by atoms with van der Waals surface area (Å²) >= 11 is 0. The lowest BCUT2D eigenvalue weighted by molar-refractivity contribution is -0.0478. The number of morpholine rings is 1. The van der Waals surface area contributed by atoms with E-state index in [2.05, 4.69) is 25.7 Å². The molecule has 1 saturated heterocycles. The molecule has 3 nitrogen and oxygen atoms in total. The van der Waals surface area contributed by atoms with E-state index in [1.54, 1.807) is 0 Å². The van der Waals surface area contributed by atoms with Gasteiger partial charge in [-0.2, -0.15) is 0 Å². The number of hydrogen-bond acceptors (Lipinski definition) is 3. The van der Waals surface area contributed by atoms with E-state index in [-0.39, 0.29) is 0 Å². The Bertz CT molecular complexity index is 242. The Labute approximate surface area is 99.3 Å². The first kappa shape index (κ1) is 12.3. The fraction of sp³-hybridized carbons (Fsp3) is 1.00. The highest BCUT2D eigenvalue weighted by Gasteiger charge is 2.40. The summed E-state index contributed by atoms with van der Waals surface area (Å²) in [6, 6.07) is 1.39. The highest BCUT2D eigenvalue weighted by atomic mass is 16.5. The second kappa shape index (κ2) is 4.63. The zero-order chi connectivity index (χ0) is 11.8. The molecule has 1 aliphatic carbocycles. The van der Waals surface area contributed by atoms with Crippen molar-refractivity contribution in [3.05, 3.63) is 0 Å². The van der Waals surface area contributed by atoms with E-state index >= 15 is 0 Å². The summed E-state index contributed by atoms with van der Waals surface area (Å²) in [4.78, 5) is 2.58. The maximum Gasteiger partial charge on any atom is 0.0619 e. The molecule has 16 heavy (non-hydrogen) atoms. The smallest absolute Gasteiger partial charge is 0.0619 e. The Morgan fingerprint density at radius 3 is 2.81 bits per heavy atom. The van der Waals surface area contributed by atoms with E-state index in [9.17, 15) is 0 Å². The molecule has 0 aromatic heterocycles. The number of hydrogen-bond donors (Lipinski definition) is 1. The predicted octanol–water partition coefficient (Wildman–Crippen LogP) is 1.61. The van der Waals surface area contributed by atoms with E-state index in [0.717, 1.165) is 19.8 Å². The van der Waals surface area contributed by atoms with Gasteiger partial charge >= 0.3 is 0 Å². The molecule has 3 heteroatoms. The van der Waals surface area contributed by atoms with Crippen LogP contribution in [0.1, 0.15) is 40.0 Å². The van der Waals surface area contributed by atoms with Gasteiger partial charge < -0.3 is 10.5 Å². The van der Waals surface area contributed by atoms with Gasteiger partial charge in [-0.1, -0.05) is 20.3 Å². The summed E-state index contributed by atoms with van der Waals surface area (Å²) in [6.45, 7) is 9.67. The Kier molecular flexibility index (Phi) is 3.57. The number of nitrogens with two attached hydrogens (primary N) is 1. The van der Waals surface area contributed by atoms with E-state index < -0.39 is 0 Å². The standard InChI is InChI=1S/C13H26N2O/c1-10-9-16-8-7-15(10)11-5-4-6-13(2,3)12(11)14/h10-12H,4-9,14H2,1-3H3. The second-order valence-corrected chi connectivity index (χ2v) is 6.14. The van der Waals surface area contributed by atoms with Gasteiger partial charge in [-0.3, -0.25) is 4.90 Å². The third kappa shape index (κ3) is 2.27. The molecule has 0 radical (unpaired) electrons. The quantitative estimate of drug-likeness (QED) is 0.738. The lowest BCUT2D eigenvalue weighted by Gasteiger charge is -2.49. The van der Waals surface area contributed by atoms with Gasteiger partial charge in [0.2, 0.25) is 0 Å². The molecule has 0 amide bonds. The van der Waals surface area contributed by atoms with Crippen molar-refractivity contribution in [2.45, 2.75) is 58.2 Å². The molecule has 0 aromatic carbocycles. The predicted molar refractivity (Wildman–Crippen MR) is 66.4 cm³/mol. The van der Waals surface area contributed by atoms with Crippen molar-refractivity contribution in [1.82, 2.24) is 4.90 Å². The molecular formula is C13H26N2O. The topological polar surface area (TPSA) is 38.5 Å². The highest BCUT2D eigenvalue weighted by Crippen LogP contribution is 2.37. The molecule has 3 unspecified atom stereocenters. The molecule has 2 aliphatic rings. The van der Waals surface area contributed by atoms with Crippen LogP contribution in [0.4, 0.5) is 0 Å². The normalized spacial score (nSPS) is 40.9. The minimum Gasteiger partial charge on any atom is -0.379 e. The second-order valence-electron chi connectivity index (χ2n) is 6.14. The molecule has 2 fully saturated rings. The van der Waals surface area contributed by atoms with Crippen molar-refractivity contribution in [2.75, 3.05) is 19.8 Å². The summed E-state index contributed by atoms with van der Waals surface area (Å²) in [5.41, 5.74) is 6.76. The molecule has 3 atom stereocenters. The van der Waals surface area contributed by atoms with Gasteiger partial charge in [0.1, 0.15) is 0 Å². The fourth-order valence-corrected chi connectivity index (χ4v) is 3.24. The lowest BCUT2D eigenvalue weighted by Crippen LogP contribution is -2.61. The lowest BCUT2D eigenvalue weighted by atomic mass is 9.70. The van der Waals surface area contributed by atoms with Gasteiger partial charge in [-0.25, -0.2) is 0 Å². The number of rotatable bonds is 1. The average molecular weight is 226 g/mol. The summed E-state index contributed by atoms with van der Waals surface area (Å²) in [6.07, 6.45) is 3.84. The van der Waals surface area contributed by atoms with Crippen LogP contribution in [-0.2, 0) is 4.74 Å².